The van der Waals surface area contributed by atoms with Crippen LogP contribution in [0.4, 0.5) is 0 Å². The van der Waals surface area contributed by atoms with Gasteiger partial charge in [-0.25, -0.2) is 0 Å². The maximum absolute atomic E-state index is 12.7. The first kappa shape index (κ1) is 20.3. The van der Waals surface area contributed by atoms with Gasteiger partial charge in [-0.3, -0.25) is 9.69 Å². The van der Waals surface area contributed by atoms with Crippen molar-refractivity contribution in [1.82, 2.24) is 9.80 Å². The molecule has 0 saturated carbocycles. The minimum Gasteiger partial charge on any atom is -0.378 e. The Hall–Kier alpha value is -1.47. The first-order valence-corrected chi connectivity index (χ1v) is 10.2. The van der Waals surface area contributed by atoms with E-state index in [2.05, 4.69) is 29.2 Å². The Morgan fingerprint density at radius 3 is 2.70 bits per heavy atom. The third-order valence-electron chi connectivity index (χ3n) is 5.37. The van der Waals surface area contributed by atoms with Crippen LogP contribution in [0.15, 0.2) is 30.3 Å². The summed E-state index contributed by atoms with van der Waals surface area (Å²) in [6, 6.07) is 10.5. The molecule has 2 heterocycles. The smallest absolute Gasteiger partial charge is 0.225 e. The van der Waals surface area contributed by atoms with Gasteiger partial charge in [-0.05, 0) is 31.4 Å². The molecule has 2 aliphatic heterocycles. The fourth-order valence-corrected chi connectivity index (χ4v) is 3.82. The number of rotatable bonds is 8. The van der Waals surface area contributed by atoms with Crippen molar-refractivity contribution in [2.45, 2.75) is 44.4 Å². The van der Waals surface area contributed by atoms with Crippen molar-refractivity contribution in [3.05, 3.63) is 35.9 Å². The molecule has 1 atom stereocenters. The number of hydrogen-bond acceptors (Lipinski definition) is 5. The summed E-state index contributed by atoms with van der Waals surface area (Å²) < 4.78 is 11.7. The Balaban J connectivity index is 1.39. The quantitative estimate of drug-likeness (QED) is 0.700. The van der Waals surface area contributed by atoms with Gasteiger partial charge in [0.15, 0.2) is 0 Å². The van der Waals surface area contributed by atoms with Crippen LogP contribution in [0.5, 0.6) is 0 Å². The van der Waals surface area contributed by atoms with Crippen LogP contribution in [-0.2, 0) is 20.8 Å². The summed E-state index contributed by atoms with van der Waals surface area (Å²) in [4.78, 5) is 17.0. The largest absolute Gasteiger partial charge is 0.378 e. The monoisotopic (exact) mass is 375 g/mol. The Bertz CT molecular complexity index is 561. The standard InChI is InChI=1S/C21H33N3O3/c22-9-4-13-26-19-7-10-24(11-8-19)21(25)15-20-17-23(12-14-27-20)16-18-5-2-1-3-6-18/h1-3,5-6,19-20H,4,7-17,22H2. The summed E-state index contributed by atoms with van der Waals surface area (Å²) in [6.45, 7) is 6.31. The number of carbonyl (C=O) groups excluding carboxylic acids is 1. The zero-order valence-electron chi connectivity index (χ0n) is 16.2. The van der Waals surface area contributed by atoms with Crippen molar-refractivity contribution in [1.29, 1.82) is 0 Å². The van der Waals surface area contributed by atoms with Crippen LogP contribution in [0.25, 0.3) is 0 Å². The fourth-order valence-electron chi connectivity index (χ4n) is 3.82. The summed E-state index contributed by atoms with van der Waals surface area (Å²) in [7, 11) is 0. The van der Waals surface area contributed by atoms with Crippen molar-refractivity contribution in [2.24, 2.45) is 5.73 Å². The third kappa shape index (κ3) is 6.57. The van der Waals surface area contributed by atoms with Crippen LogP contribution < -0.4 is 5.73 Å². The summed E-state index contributed by atoms with van der Waals surface area (Å²) in [5.74, 6) is 0.210. The second-order valence-corrected chi connectivity index (χ2v) is 7.51. The predicted molar refractivity (Wildman–Crippen MR) is 105 cm³/mol. The average Bonchev–Trinajstić information content (AvgIpc) is 2.70. The maximum atomic E-state index is 12.7. The van der Waals surface area contributed by atoms with Crippen molar-refractivity contribution >= 4 is 5.91 Å². The Kier molecular flexibility index (Phi) is 8.08. The maximum Gasteiger partial charge on any atom is 0.225 e. The summed E-state index contributed by atoms with van der Waals surface area (Å²) in [5, 5.41) is 0. The SMILES string of the molecule is NCCCOC1CCN(C(=O)CC2CN(Cc3ccccc3)CCO2)CC1. The number of carbonyl (C=O) groups is 1. The highest BCUT2D eigenvalue weighted by molar-refractivity contribution is 5.76. The molecule has 0 bridgehead atoms. The number of amides is 1. The molecule has 0 spiro atoms. The van der Waals surface area contributed by atoms with Gasteiger partial charge >= 0.3 is 0 Å². The second kappa shape index (κ2) is 10.8. The minimum absolute atomic E-state index is 0.00603. The van der Waals surface area contributed by atoms with E-state index >= 15 is 0 Å². The molecule has 0 aromatic heterocycles. The molecular weight excluding hydrogens is 342 g/mol. The Labute approximate surface area is 162 Å². The number of nitrogens with two attached hydrogens (primary N) is 1. The molecule has 2 aliphatic rings. The molecule has 2 N–H and O–H groups in total. The van der Waals surface area contributed by atoms with Gasteiger partial charge in [-0.1, -0.05) is 30.3 Å². The topological polar surface area (TPSA) is 68.0 Å². The van der Waals surface area contributed by atoms with E-state index in [0.717, 1.165) is 58.6 Å². The zero-order valence-corrected chi connectivity index (χ0v) is 16.2. The number of benzene rings is 1. The van der Waals surface area contributed by atoms with E-state index in [4.69, 9.17) is 15.2 Å². The molecule has 150 valence electrons. The molecule has 1 aromatic rings. The van der Waals surface area contributed by atoms with Crippen molar-refractivity contribution in [2.75, 3.05) is 45.9 Å². The lowest BCUT2D eigenvalue weighted by molar-refractivity contribution is -0.138. The van der Waals surface area contributed by atoms with E-state index in [1.54, 1.807) is 0 Å². The number of piperidine rings is 1. The van der Waals surface area contributed by atoms with Gasteiger partial charge in [-0.15, -0.1) is 0 Å². The highest BCUT2D eigenvalue weighted by Crippen LogP contribution is 2.18. The van der Waals surface area contributed by atoms with Crippen LogP contribution in [0.1, 0.15) is 31.2 Å². The molecule has 1 unspecified atom stereocenters. The van der Waals surface area contributed by atoms with Gasteiger partial charge in [0.1, 0.15) is 0 Å². The van der Waals surface area contributed by atoms with Crippen molar-refractivity contribution in [3.8, 4) is 0 Å². The van der Waals surface area contributed by atoms with Crippen molar-refractivity contribution < 1.29 is 14.3 Å². The van der Waals surface area contributed by atoms with Gasteiger partial charge in [0, 0.05) is 39.3 Å². The molecule has 0 radical (unpaired) electrons. The molecule has 0 aliphatic carbocycles. The van der Waals surface area contributed by atoms with Crippen LogP contribution >= 0.6 is 0 Å². The van der Waals surface area contributed by atoms with Gasteiger partial charge < -0.3 is 20.1 Å². The van der Waals surface area contributed by atoms with Gasteiger partial charge in [0.2, 0.25) is 5.91 Å². The van der Waals surface area contributed by atoms with Gasteiger partial charge in [-0.2, -0.15) is 0 Å². The lowest BCUT2D eigenvalue weighted by Crippen LogP contribution is -2.46. The molecule has 1 aromatic carbocycles. The van der Waals surface area contributed by atoms with E-state index in [1.165, 1.54) is 5.56 Å². The molecule has 2 fully saturated rings. The molecule has 1 amide bonds. The molecule has 2 saturated heterocycles. The highest BCUT2D eigenvalue weighted by atomic mass is 16.5. The third-order valence-corrected chi connectivity index (χ3v) is 5.37. The van der Waals surface area contributed by atoms with E-state index in [9.17, 15) is 4.79 Å². The Morgan fingerprint density at radius 1 is 1.19 bits per heavy atom. The predicted octanol–water partition coefficient (Wildman–Crippen LogP) is 1.63. The number of hydrogen-bond donors (Lipinski definition) is 1. The van der Waals surface area contributed by atoms with Gasteiger partial charge in [0.05, 0.1) is 25.2 Å². The van der Waals surface area contributed by atoms with E-state index < -0.39 is 0 Å². The number of likely N-dealkylation sites (tertiary alicyclic amines) is 1. The second-order valence-electron chi connectivity index (χ2n) is 7.51. The van der Waals surface area contributed by atoms with Crippen LogP contribution in [0, 0.1) is 0 Å². The van der Waals surface area contributed by atoms with Gasteiger partial charge in [0.25, 0.3) is 0 Å². The number of ether oxygens (including phenoxy) is 2. The highest BCUT2D eigenvalue weighted by Gasteiger charge is 2.28. The van der Waals surface area contributed by atoms with E-state index in [-0.39, 0.29) is 18.1 Å². The summed E-state index contributed by atoms with van der Waals surface area (Å²) in [5.41, 5.74) is 6.81. The zero-order chi connectivity index (χ0) is 18.9. The fraction of sp³-hybridized carbons (Fsp3) is 0.667. The van der Waals surface area contributed by atoms with Crippen LogP contribution in [-0.4, -0.2) is 73.9 Å². The van der Waals surface area contributed by atoms with Crippen molar-refractivity contribution in [3.63, 3.8) is 0 Å². The minimum atomic E-state index is -0.00603. The molecule has 6 nitrogen and oxygen atoms in total. The van der Waals surface area contributed by atoms with E-state index in [1.807, 2.05) is 11.0 Å². The lowest BCUT2D eigenvalue weighted by atomic mass is 10.1. The van der Waals surface area contributed by atoms with Crippen LogP contribution in [0.2, 0.25) is 0 Å². The molecule has 6 heteroatoms. The summed E-state index contributed by atoms with van der Waals surface area (Å²) in [6.07, 6.45) is 3.48. The Morgan fingerprint density at radius 2 is 1.96 bits per heavy atom. The number of nitrogens with zero attached hydrogens (tertiary/aromatic N) is 2. The van der Waals surface area contributed by atoms with E-state index in [0.29, 0.717) is 19.6 Å². The summed E-state index contributed by atoms with van der Waals surface area (Å²) >= 11 is 0. The first-order chi connectivity index (χ1) is 13.2. The number of morpholine rings is 1. The average molecular weight is 376 g/mol. The molecular formula is C21H33N3O3. The normalized spacial score (nSPS) is 22.1. The lowest BCUT2D eigenvalue weighted by Gasteiger charge is -2.35. The molecule has 3 rings (SSSR count). The first-order valence-electron chi connectivity index (χ1n) is 10.2. The van der Waals surface area contributed by atoms with Crippen LogP contribution in [0.3, 0.4) is 0 Å². The molecule has 27 heavy (non-hydrogen) atoms.